The van der Waals surface area contributed by atoms with Crippen LogP contribution >= 0.6 is 11.6 Å². The maximum Gasteiger partial charge on any atom is 0.328 e. The minimum absolute atomic E-state index is 0.0486. The summed E-state index contributed by atoms with van der Waals surface area (Å²) >= 11 is 5.84. The maximum atomic E-state index is 13.3. The van der Waals surface area contributed by atoms with Gasteiger partial charge in [0.15, 0.2) is 5.69 Å². The second-order valence-corrected chi connectivity index (χ2v) is 5.76. The summed E-state index contributed by atoms with van der Waals surface area (Å²) < 4.78 is 15.3. The molecule has 0 saturated heterocycles. The third-order valence-corrected chi connectivity index (χ3v) is 3.70. The summed E-state index contributed by atoms with van der Waals surface area (Å²) in [6, 6.07) is 9.68. The standard InChI is InChI=1S/C16H10ClFN6O3/c17-9-1-3-11(4-2-9)24-13(5-10(6-19)22-24)20-14(25)8-23-7-12(18)15(26)21-16(23)27/h1-5,7H,8H2,(H,20,25)(H,21,26,27). The van der Waals surface area contributed by atoms with Crippen molar-refractivity contribution >= 4 is 23.3 Å². The van der Waals surface area contributed by atoms with E-state index in [4.69, 9.17) is 16.9 Å². The number of rotatable bonds is 4. The predicted octanol–water partition coefficient (Wildman–Crippen LogP) is 1.03. The molecule has 0 aliphatic carbocycles. The van der Waals surface area contributed by atoms with Gasteiger partial charge in [-0.15, -0.1) is 0 Å². The van der Waals surface area contributed by atoms with Crippen LogP contribution in [0.5, 0.6) is 0 Å². The highest BCUT2D eigenvalue weighted by molar-refractivity contribution is 6.30. The van der Waals surface area contributed by atoms with E-state index in [0.717, 1.165) is 0 Å². The Bertz CT molecular complexity index is 1170. The van der Waals surface area contributed by atoms with Gasteiger partial charge >= 0.3 is 5.69 Å². The van der Waals surface area contributed by atoms with Gasteiger partial charge in [0.25, 0.3) is 5.56 Å². The molecule has 9 nitrogen and oxygen atoms in total. The predicted molar refractivity (Wildman–Crippen MR) is 93.2 cm³/mol. The second kappa shape index (κ2) is 7.27. The molecular formula is C16H10ClFN6O3. The molecule has 27 heavy (non-hydrogen) atoms. The molecule has 0 saturated carbocycles. The van der Waals surface area contributed by atoms with Crippen molar-refractivity contribution < 1.29 is 9.18 Å². The first-order valence-corrected chi connectivity index (χ1v) is 7.80. The summed E-state index contributed by atoms with van der Waals surface area (Å²) in [7, 11) is 0. The van der Waals surface area contributed by atoms with Gasteiger partial charge in [0.2, 0.25) is 11.7 Å². The number of anilines is 1. The van der Waals surface area contributed by atoms with Crippen molar-refractivity contribution in [3.05, 3.63) is 73.9 Å². The number of amides is 1. The van der Waals surface area contributed by atoms with E-state index < -0.39 is 29.5 Å². The number of aromatic nitrogens is 4. The number of hydrogen-bond donors (Lipinski definition) is 2. The van der Waals surface area contributed by atoms with Crippen molar-refractivity contribution in [2.75, 3.05) is 5.32 Å². The number of hydrogen-bond acceptors (Lipinski definition) is 5. The van der Waals surface area contributed by atoms with Crippen molar-refractivity contribution in [3.8, 4) is 11.8 Å². The van der Waals surface area contributed by atoms with Crippen LogP contribution in [0.2, 0.25) is 5.02 Å². The highest BCUT2D eigenvalue weighted by Crippen LogP contribution is 2.19. The molecule has 3 rings (SSSR count). The fraction of sp³-hybridized carbons (Fsp3) is 0.0625. The number of halogens is 2. The van der Waals surface area contributed by atoms with Crippen molar-refractivity contribution in [1.29, 1.82) is 5.26 Å². The molecule has 1 aromatic carbocycles. The largest absolute Gasteiger partial charge is 0.328 e. The van der Waals surface area contributed by atoms with Gasteiger partial charge in [-0.3, -0.25) is 19.1 Å². The van der Waals surface area contributed by atoms with E-state index in [2.05, 4.69) is 10.4 Å². The van der Waals surface area contributed by atoms with E-state index in [1.807, 2.05) is 6.07 Å². The fourth-order valence-electron chi connectivity index (χ4n) is 2.24. The lowest BCUT2D eigenvalue weighted by atomic mass is 10.3. The van der Waals surface area contributed by atoms with Crippen LogP contribution in [0.3, 0.4) is 0 Å². The van der Waals surface area contributed by atoms with Gasteiger partial charge in [-0.25, -0.2) is 9.48 Å². The zero-order valence-electron chi connectivity index (χ0n) is 13.4. The van der Waals surface area contributed by atoms with Crippen LogP contribution in [0.4, 0.5) is 10.2 Å². The molecule has 2 heterocycles. The van der Waals surface area contributed by atoms with Crippen LogP contribution in [0.25, 0.3) is 5.69 Å². The first kappa shape index (κ1) is 18.1. The van der Waals surface area contributed by atoms with Gasteiger partial charge in [-0.1, -0.05) is 11.6 Å². The molecule has 0 bridgehead atoms. The Hall–Kier alpha value is -3.71. The third kappa shape index (κ3) is 3.94. The van der Waals surface area contributed by atoms with Gasteiger partial charge in [0.05, 0.1) is 11.9 Å². The van der Waals surface area contributed by atoms with Crippen LogP contribution in [-0.4, -0.2) is 25.2 Å². The molecule has 0 atom stereocenters. The van der Waals surface area contributed by atoms with Crippen LogP contribution in [0, 0.1) is 17.1 Å². The lowest BCUT2D eigenvalue weighted by Gasteiger charge is -2.10. The Balaban J connectivity index is 1.88. The van der Waals surface area contributed by atoms with Crippen LogP contribution in [0.15, 0.2) is 46.1 Å². The lowest BCUT2D eigenvalue weighted by Crippen LogP contribution is -2.34. The molecule has 0 unspecified atom stereocenters. The number of carbonyl (C=O) groups excluding carboxylic acids is 1. The topological polar surface area (TPSA) is 126 Å². The zero-order valence-corrected chi connectivity index (χ0v) is 14.2. The normalized spacial score (nSPS) is 10.4. The van der Waals surface area contributed by atoms with E-state index in [9.17, 15) is 18.8 Å². The molecule has 0 aliphatic rings. The fourth-order valence-corrected chi connectivity index (χ4v) is 2.37. The highest BCUT2D eigenvalue weighted by atomic mass is 35.5. The first-order chi connectivity index (χ1) is 12.9. The summed E-state index contributed by atoms with van der Waals surface area (Å²) in [5.41, 5.74) is -1.52. The maximum absolute atomic E-state index is 13.3. The van der Waals surface area contributed by atoms with Crippen LogP contribution in [-0.2, 0) is 11.3 Å². The van der Waals surface area contributed by atoms with Crippen molar-refractivity contribution in [2.24, 2.45) is 0 Å². The highest BCUT2D eigenvalue weighted by Gasteiger charge is 2.14. The second-order valence-electron chi connectivity index (χ2n) is 5.33. The van der Waals surface area contributed by atoms with Crippen LogP contribution in [0.1, 0.15) is 5.69 Å². The van der Waals surface area contributed by atoms with Crippen molar-refractivity contribution in [1.82, 2.24) is 19.3 Å². The molecule has 1 amide bonds. The lowest BCUT2D eigenvalue weighted by molar-refractivity contribution is -0.116. The summed E-state index contributed by atoms with van der Waals surface area (Å²) in [5, 5.41) is 16.1. The molecule has 0 fully saturated rings. The number of nitrogens with one attached hydrogen (secondary N) is 2. The first-order valence-electron chi connectivity index (χ1n) is 7.42. The van der Waals surface area contributed by atoms with E-state index in [1.54, 1.807) is 29.2 Å². The Morgan fingerprint density at radius 1 is 1.33 bits per heavy atom. The third-order valence-electron chi connectivity index (χ3n) is 3.44. The molecule has 136 valence electrons. The molecule has 0 aliphatic heterocycles. The molecule has 11 heteroatoms. The van der Waals surface area contributed by atoms with E-state index in [1.165, 1.54) is 10.7 Å². The summed E-state index contributed by atoms with van der Waals surface area (Å²) in [6.07, 6.45) is 0.637. The summed E-state index contributed by atoms with van der Waals surface area (Å²) in [6.45, 7) is -0.555. The Labute approximate surface area is 155 Å². The number of benzene rings is 1. The van der Waals surface area contributed by atoms with Crippen molar-refractivity contribution in [2.45, 2.75) is 6.54 Å². The quantitative estimate of drug-likeness (QED) is 0.690. The van der Waals surface area contributed by atoms with Gasteiger partial charge in [0.1, 0.15) is 18.4 Å². The monoisotopic (exact) mass is 388 g/mol. The SMILES string of the molecule is N#Cc1cc(NC(=O)Cn2cc(F)c(=O)[nH]c2=O)n(-c2ccc(Cl)cc2)n1. The Morgan fingerprint density at radius 3 is 2.70 bits per heavy atom. The van der Waals surface area contributed by atoms with Gasteiger partial charge in [-0.05, 0) is 24.3 Å². The zero-order chi connectivity index (χ0) is 19.6. The minimum Gasteiger partial charge on any atom is -0.309 e. The number of H-pyrrole nitrogens is 1. The average molecular weight is 389 g/mol. The van der Waals surface area contributed by atoms with Crippen molar-refractivity contribution in [3.63, 3.8) is 0 Å². The Kier molecular flexibility index (Phi) is 4.87. The van der Waals surface area contributed by atoms with Gasteiger partial charge in [-0.2, -0.15) is 14.8 Å². The molecule has 0 radical (unpaired) electrons. The number of carbonyl (C=O) groups is 1. The molecule has 3 aromatic rings. The molecule has 0 spiro atoms. The smallest absolute Gasteiger partial charge is 0.309 e. The number of nitriles is 1. The number of nitrogens with zero attached hydrogens (tertiary/aromatic N) is 4. The molecule has 2 aromatic heterocycles. The summed E-state index contributed by atoms with van der Waals surface area (Å²) in [4.78, 5) is 36.7. The average Bonchev–Trinajstić information content (AvgIpc) is 3.03. The summed E-state index contributed by atoms with van der Waals surface area (Å²) in [5.74, 6) is -1.72. The van der Waals surface area contributed by atoms with Gasteiger partial charge in [0, 0.05) is 11.1 Å². The minimum atomic E-state index is -1.19. The Morgan fingerprint density at radius 2 is 2.04 bits per heavy atom. The van der Waals surface area contributed by atoms with E-state index >= 15 is 0 Å². The van der Waals surface area contributed by atoms with Gasteiger partial charge < -0.3 is 5.32 Å². The van der Waals surface area contributed by atoms with E-state index in [0.29, 0.717) is 21.5 Å². The number of aromatic amines is 1. The molecular weight excluding hydrogens is 379 g/mol. The van der Waals surface area contributed by atoms with E-state index in [-0.39, 0.29) is 11.5 Å². The molecule has 2 N–H and O–H groups in total. The van der Waals surface area contributed by atoms with Crippen LogP contribution < -0.4 is 16.6 Å².